The average Bonchev–Trinajstić information content (AvgIpc) is 3.08. The fourth-order valence-electron chi connectivity index (χ4n) is 3.11. The molecule has 2 saturated heterocycles. The lowest BCUT2D eigenvalue weighted by Gasteiger charge is -2.24. The van der Waals surface area contributed by atoms with Gasteiger partial charge in [0, 0.05) is 24.9 Å². The summed E-state index contributed by atoms with van der Waals surface area (Å²) in [5.74, 6) is 0.194. The first-order valence-corrected chi connectivity index (χ1v) is 7.40. The number of carbonyl (C=O) groups excluding carboxylic acids is 2. The second-order valence-corrected chi connectivity index (χ2v) is 5.75. The van der Waals surface area contributed by atoms with Crippen molar-refractivity contribution in [3.05, 3.63) is 35.0 Å². The van der Waals surface area contributed by atoms with Gasteiger partial charge in [-0.05, 0) is 17.9 Å². The molecule has 0 bridgehead atoms. The first-order chi connectivity index (χ1) is 9.22. The largest absolute Gasteiger partial charge is 0.334 e. The Morgan fingerprint density at radius 2 is 2.37 bits per heavy atom. The van der Waals surface area contributed by atoms with Gasteiger partial charge >= 0.3 is 0 Å². The van der Waals surface area contributed by atoms with Crippen LogP contribution in [0.5, 0.6) is 0 Å². The van der Waals surface area contributed by atoms with Crippen molar-refractivity contribution in [1.29, 1.82) is 0 Å². The van der Waals surface area contributed by atoms with Gasteiger partial charge in [0.1, 0.15) is 0 Å². The highest BCUT2D eigenvalue weighted by Gasteiger charge is 2.47. The number of carbonyl (C=O) groups is 2. The van der Waals surface area contributed by atoms with E-state index in [0.29, 0.717) is 13.0 Å². The van der Waals surface area contributed by atoms with Gasteiger partial charge in [0.25, 0.3) is 5.91 Å². The number of rotatable bonds is 3. The zero-order valence-electron chi connectivity index (χ0n) is 10.6. The summed E-state index contributed by atoms with van der Waals surface area (Å²) in [5.41, 5.74) is 0.736. The van der Waals surface area contributed by atoms with E-state index in [2.05, 4.69) is 6.58 Å². The highest BCUT2D eigenvalue weighted by molar-refractivity contribution is 7.08. The SMILES string of the molecule is C=CCN1C(=O)CC2C1CCN2C(=O)c1ccsc1. The van der Waals surface area contributed by atoms with Crippen LogP contribution in [0.15, 0.2) is 29.5 Å². The number of hydrogen-bond donors (Lipinski definition) is 0. The number of thiophene rings is 1. The normalized spacial score (nSPS) is 25.8. The van der Waals surface area contributed by atoms with E-state index in [0.717, 1.165) is 18.5 Å². The summed E-state index contributed by atoms with van der Waals surface area (Å²) in [6, 6.07) is 2.06. The van der Waals surface area contributed by atoms with E-state index in [9.17, 15) is 9.59 Å². The third-order valence-corrected chi connectivity index (χ3v) is 4.65. The molecule has 100 valence electrons. The van der Waals surface area contributed by atoms with Crippen molar-refractivity contribution in [1.82, 2.24) is 9.80 Å². The van der Waals surface area contributed by atoms with Gasteiger partial charge in [0.15, 0.2) is 0 Å². The predicted molar refractivity (Wildman–Crippen MR) is 74.1 cm³/mol. The van der Waals surface area contributed by atoms with E-state index >= 15 is 0 Å². The molecular weight excluding hydrogens is 260 g/mol. The molecule has 3 heterocycles. The summed E-state index contributed by atoms with van der Waals surface area (Å²) >= 11 is 1.52. The second-order valence-electron chi connectivity index (χ2n) is 4.97. The second kappa shape index (κ2) is 4.81. The minimum Gasteiger partial charge on any atom is -0.334 e. The monoisotopic (exact) mass is 276 g/mol. The molecule has 2 aliphatic heterocycles. The summed E-state index contributed by atoms with van der Waals surface area (Å²) in [6.45, 7) is 5.02. The maximum absolute atomic E-state index is 12.4. The number of nitrogens with zero attached hydrogens (tertiary/aromatic N) is 2. The molecule has 19 heavy (non-hydrogen) atoms. The molecule has 1 aromatic rings. The van der Waals surface area contributed by atoms with Crippen molar-refractivity contribution in [2.24, 2.45) is 0 Å². The van der Waals surface area contributed by atoms with Crippen LogP contribution in [-0.2, 0) is 4.79 Å². The Bertz CT molecular complexity index is 512. The van der Waals surface area contributed by atoms with Gasteiger partial charge < -0.3 is 9.80 Å². The van der Waals surface area contributed by atoms with Crippen LogP contribution in [0.4, 0.5) is 0 Å². The van der Waals surface area contributed by atoms with Gasteiger partial charge in [-0.2, -0.15) is 11.3 Å². The molecule has 2 fully saturated rings. The molecule has 0 aromatic carbocycles. The standard InChI is InChI=1S/C14H16N2O2S/c1-2-5-15-11-3-6-16(12(11)8-13(15)17)14(18)10-4-7-19-9-10/h2,4,7,9,11-12H,1,3,5-6,8H2. The van der Waals surface area contributed by atoms with Gasteiger partial charge in [-0.15, -0.1) is 6.58 Å². The van der Waals surface area contributed by atoms with Crippen LogP contribution >= 0.6 is 11.3 Å². The molecule has 0 N–H and O–H groups in total. The third kappa shape index (κ3) is 1.98. The van der Waals surface area contributed by atoms with Crippen LogP contribution < -0.4 is 0 Å². The molecule has 2 amide bonds. The van der Waals surface area contributed by atoms with Crippen LogP contribution in [-0.4, -0.2) is 46.8 Å². The predicted octanol–water partition coefficient (Wildman–Crippen LogP) is 1.75. The molecule has 0 saturated carbocycles. The summed E-state index contributed by atoms with van der Waals surface area (Å²) in [7, 11) is 0. The summed E-state index contributed by atoms with van der Waals surface area (Å²) in [6.07, 6.45) is 3.08. The number of fused-ring (bicyclic) bond motifs is 1. The van der Waals surface area contributed by atoms with Gasteiger partial charge in [-0.3, -0.25) is 9.59 Å². The zero-order chi connectivity index (χ0) is 13.4. The molecule has 1 aromatic heterocycles. The van der Waals surface area contributed by atoms with Crippen LogP contribution in [0.3, 0.4) is 0 Å². The Kier molecular flexibility index (Phi) is 3.14. The van der Waals surface area contributed by atoms with Crippen molar-refractivity contribution in [3.8, 4) is 0 Å². The lowest BCUT2D eigenvalue weighted by molar-refractivity contribution is -0.128. The molecule has 4 nitrogen and oxygen atoms in total. The molecule has 2 aliphatic rings. The summed E-state index contributed by atoms with van der Waals surface area (Å²) in [4.78, 5) is 28.1. The van der Waals surface area contributed by atoms with Gasteiger partial charge in [0.2, 0.25) is 5.91 Å². The average molecular weight is 276 g/mol. The van der Waals surface area contributed by atoms with Crippen molar-refractivity contribution in [3.63, 3.8) is 0 Å². The maximum Gasteiger partial charge on any atom is 0.255 e. The van der Waals surface area contributed by atoms with Gasteiger partial charge in [-0.1, -0.05) is 6.08 Å². The first-order valence-electron chi connectivity index (χ1n) is 6.46. The van der Waals surface area contributed by atoms with Crippen LogP contribution in [0.25, 0.3) is 0 Å². The smallest absolute Gasteiger partial charge is 0.255 e. The Labute approximate surface area is 116 Å². The Morgan fingerprint density at radius 1 is 1.53 bits per heavy atom. The molecule has 3 rings (SSSR count). The summed E-state index contributed by atoms with van der Waals surface area (Å²) < 4.78 is 0. The molecule has 2 atom stereocenters. The lowest BCUT2D eigenvalue weighted by Crippen LogP contribution is -2.39. The van der Waals surface area contributed by atoms with Gasteiger partial charge in [-0.25, -0.2) is 0 Å². The van der Waals surface area contributed by atoms with Crippen molar-refractivity contribution < 1.29 is 9.59 Å². The van der Waals surface area contributed by atoms with Crippen molar-refractivity contribution in [2.45, 2.75) is 24.9 Å². The maximum atomic E-state index is 12.4. The lowest BCUT2D eigenvalue weighted by atomic mass is 10.1. The zero-order valence-corrected chi connectivity index (χ0v) is 11.4. The Morgan fingerprint density at radius 3 is 3.05 bits per heavy atom. The van der Waals surface area contributed by atoms with Crippen LogP contribution in [0, 0.1) is 0 Å². The number of amides is 2. The fraction of sp³-hybridized carbons (Fsp3) is 0.429. The third-order valence-electron chi connectivity index (χ3n) is 3.97. The minimum absolute atomic E-state index is 0.0415. The van der Waals surface area contributed by atoms with E-state index in [1.54, 1.807) is 6.08 Å². The number of hydrogen-bond acceptors (Lipinski definition) is 3. The highest BCUT2D eigenvalue weighted by Crippen LogP contribution is 2.33. The Hall–Kier alpha value is -1.62. The van der Waals surface area contributed by atoms with Crippen molar-refractivity contribution >= 4 is 23.2 Å². The fourth-order valence-corrected chi connectivity index (χ4v) is 3.74. The van der Waals surface area contributed by atoms with E-state index < -0.39 is 0 Å². The Balaban J connectivity index is 1.79. The minimum atomic E-state index is 0.0415. The topological polar surface area (TPSA) is 40.6 Å². The van der Waals surface area contributed by atoms with E-state index in [4.69, 9.17) is 0 Å². The highest BCUT2D eigenvalue weighted by atomic mass is 32.1. The van der Waals surface area contributed by atoms with Crippen LogP contribution in [0.2, 0.25) is 0 Å². The molecular formula is C14H16N2O2S. The molecule has 2 unspecified atom stereocenters. The summed E-state index contributed by atoms with van der Waals surface area (Å²) in [5, 5.41) is 3.78. The van der Waals surface area contributed by atoms with Gasteiger partial charge in [0.05, 0.1) is 17.6 Å². The first kappa shape index (κ1) is 12.4. The van der Waals surface area contributed by atoms with E-state index in [1.807, 2.05) is 26.6 Å². The molecule has 0 aliphatic carbocycles. The van der Waals surface area contributed by atoms with Crippen molar-refractivity contribution in [2.75, 3.05) is 13.1 Å². The van der Waals surface area contributed by atoms with Crippen LogP contribution in [0.1, 0.15) is 23.2 Å². The molecule has 5 heteroatoms. The number of likely N-dealkylation sites (tertiary alicyclic amines) is 2. The van der Waals surface area contributed by atoms with E-state index in [1.165, 1.54) is 11.3 Å². The quantitative estimate of drug-likeness (QED) is 0.789. The molecule has 0 radical (unpaired) electrons. The van der Waals surface area contributed by atoms with E-state index in [-0.39, 0.29) is 23.9 Å². The molecule has 0 spiro atoms.